The molecule has 1 aromatic carbocycles. The van der Waals surface area contributed by atoms with Gasteiger partial charge in [0.1, 0.15) is 0 Å². The number of hydrogen-bond donors (Lipinski definition) is 0. The van der Waals surface area contributed by atoms with Crippen LogP contribution in [0.3, 0.4) is 0 Å². The van der Waals surface area contributed by atoms with E-state index in [2.05, 4.69) is 24.6 Å². The topological polar surface area (TPSA) is 0 Å². The molecule has 0 atom stereocenters. The van der Waals surface area contributed by atoms with Gasteiger partial charge in [-0.3, -0.25) is 0 Å². The fourth-order valence-electron chi connectivity index (χ4n) is 1.37. The Kier molecular flexibility index (Phi) is 2.51. The van der Waals surface area contributed by atoms with Crippen LogP contribution < -0.4 is 0 Å². The van der Waals surface area contributed by atoms with Gasteiger partial charge < -0.3 is 0 Å². The van der Waals surface area contributed by atoms with Crippen molar-refractivity contribution in [2.45, 2.75) is 6.42 Å². The Morgan fingerprint density at radius 1 is 1.08 bits per heavy atom. The van der Waals surface area contributed by atoms with Gasteiger partial charge in [0.15, 0.2) is 0 Å². The van der Waals surface area contributed by atoms with Gasteiger partial charge in [-0.05, 0) is 36.1 Å². The summed E-state index contributed by atoms with van der Waals surface area (Å²) in [6.07, 6.45) is 9.58. The third kappa shape index (κ3) is 2.02. The molecule has 2 rings (SSSR count). The van der Waals surface area contributed by atoms with Crippen molar-refractivity contribution < 1.29 is 0 Å². The molecule has 1 radical (unpaired) electrons. The minimum Gasteiger partial charge on any atom is -0.0843 e. The van der Waals surface area contributed by atoms with Crippen molar-refractivity contribution >= 4 is 17.2 Å². The van der Waals surface area contributed by atoms with Crippen molar-refractivity contribution in [2.24, 2.45) is 0 Å². The summed E-state index contributed by atoms with van der Waals surface area (Å²) in [4.78, 5) is 0. The van der Waals surface area contributed by atoms with E-state index in [1.807, 2.05) is 24.3 Å². The first-order valence-electron chi connectivity index (χ1n) is 4.32. The fourth-order valence-corrected chi connectivity index (χ4v) is 1.50. The van der Waals surface area contributed by atoms with E-state index in [-0.39, 0.29) is 0 Å². The molecule has 0 spiro atoms. The minimum absolute atomic E-state index is 0.788. The Bertz CT molecular complexity index is 344. The highest BCUT2D eigenvalue weighted by Crippen LogP contribution is 2.23. The number of hydrogen-bond acceptors (Lipinski definition) is 0. The SMILES string of the molecule is Clc1ccc(C2=CC=CC[CH]2)cc1. The Labute approximate surface area is 83.5 Å². The molecular weight excluding hydrogens is 180 g/mol. The van der Waals surface area contributed by atoms with Crippen LogP contribution in [0.25, 0.3) is 5.57 Å². The molecule has 0 N–H and O–H groups in total. The van der Waals surface area contributed by atoms with Crippen LogP contribution in [0.5, 0.6) is 0 Å². The van der Waals surface area contributed by atoms with E-state index in [0.29, 0.717) is 0 Å². The predicted molar refractivity (Wildman–Crippen MR) is 57.5 cm³/mol. The molecule has 0 aromatic heterocycles. The second-order valence-corrected chi connectivity index (χ2v) is 3.43. The van der Waals surface area contributed by atoms with E-state index in [4.69, 9.17) is 11.6 Å². The second-order valence-electron chi connectivity index (χ2n) is 3.00. The van der Waals surface area contributed by atoms with Crippen molar-refractivity contribution in [1.82, 2.24) is 0 Å². The molecule has 0 nitrogen and oxygen atoms in total. The van der Waals surface area contributed by atoms with Crippen LogP contribution >= 0.6 is 11.6 Å². The molecule has 0 fully saturated rings. The Hall–Kier alpha value is -1.01. The summed E-state index contributed by atoms with van der Waals surface area (Å²) < 4.78 is 0. The summed E-state index contributed by atoms with van der Waals surface area (Å²) in [5.41, 5.74) is 2.51. The van der Waals surface area contributed by atoms with Gasteiger partial charge in [0.2, 0.25) is 0 Å². The highest BCUT2D eigenvalue weighted by Gasteiger charge is 2.02. The summed E-state index contributed by atoms with van der Waals surface area (Å²) in [5, 5.41) is 0.788. The summed E-state index contributed by atoms with van der Waals surface area (Å²) in [6.45, 7) is 0. The monoisotopic (exact) mass is 189 g/mol. The van der Waals surface area contributed by atoms with Crippen LogP contribution in [-0.2, 0) is 0 Å². The molecule has 1 aliphatic carbocycles. The van der Waals surface area contributed by atoms with Crippen molar-refractivity contribution in [3.63, 3.8) is 0 Å². The molecule has 0 aliphatic heterocycles. The molecule has 0 saturated carbocycles. The zero-order chi connectivity index (χ0) is 9.10. The number of halogens is 1. The van der Waals surface area contributed by atoms with Gasteiger partial charge in [0, 0.05) is 5.02 Å². The molecule has 0 bridgehead atoms. The van der Waals surface area contributed by atoms with Gasteiger partial charge in [-0.15, -0.1) is 0 Å². The van der Waals surface area contributed by atoms with Gasteiger partial charge in [0.05, 0.1) is 0 Å². The van der Waals surface area contributed by atoms with Crippen LogP contribution in [0.4, 0.5) is 0 Å². The van der Waals surface area contributed by atoms with Crippen molar-refractivity contribution in [2.75, 3.05) is 0 Å². The van der Waals surface area contributed by atoms with Gasteiger partial charge in [-0.1, -0.05) is 42.0 Å². The average molecular weight is 190 g/mol. The highest BCUT2D eigenvalue weighted by atomic mass is 35.5. The number of rotatable bonds is 1. The van der Waals surface area contributed by atoms with Crippen LogP contribution in [0.2, 0.25) is 5.02 Å². The molecule has 0 unspecified atom stereocenters. The molecule has 0 saturated heterocycles. The van der Waals surface area contributed by atoms with E-state index in [1.54, 1.807) is 0 Å². The van der Waals surface area contributed by atoms with E-state index >= 15 is 0 Å². The summed E-state index contributed by atoms with van der Waals surface area (Å²) in [5.74, 6) is 0. The standard InChI is InChI=1S/C12H10Cl/c13-12-8-6-11(7-9-12)10-4-2-1-3-5-10/h1-2,4-9H,3H2. The zero-order valence-corrected chi connectivity index (χ0v) is 7.96. The first-order chi connectivity index (χ1) is 6.36. The first-order valence-corrected chi connectivity index (χ1v) is 4.70. The number of benzene rings is 1. The Balaban J connectivity index is 2.30. The predicted octanol–water partition coefficient (Wildman–Crippen LogP) is 3.89. The lowest BCUT2D eigenvalue weighted by atomic mass is 9.98. The molecule has 65 valence electrons. The molecule has 1 aliphatic rings. The molecule has 0 heterocycles. The maximum Gasteiger partial charge on any atom is 0.0406 e. The van der Waals surface area contributed by atoms with Crippen LogP contribution in [0.1, 0.15) is 12.0 Å². The lowest BCUT2D eigenvalue weighted by Gasteiger charge is -2.08. The second kappa shape index (κ2) is 3.80. The Morgan fingerprint density at radius 3 is 2.46 bits per heavy atom. The van der Waals surface area contributed by atoms with Crippen molar-refractivity contribution in [3.8, 4) is 0 Å². The average Bonchev–Trinajstić information content (AvgIpc) is 2.20. The molecule has 1 aromatic rings. The Morgan fingerprint density at radius 2 is 1.85 bits per heavy atom. The van der Waals surface area contributed by atoms with Crippen molar-refractivity contribution in [3.05, 3.63) is 59.5 Å². The first kappa shape index (κ1) is 8.58. The minimum atomic E-state index is 0.788. The van der Waals surface area contributed by atoms with Gasteiger partial charge >= 0.3 is 0 Å². The van der Waals surface area contributed by atoms with Gasteiger partial charge in [0.25, 0.3) is 0 Å². The lowest BCUT2D eigenvalue weighted by Crippen LogP contribution is -1.87. The van der Waals surface area contributed by atoms with E-state index in [1.165, 1.54) is 11.1 Å². The fraction of sp³-hybridized carbons (Fsp3) is 0.0833. The van der Waals surface area contributed by atoms with E-state index in [9.17, 15) is 0 Å². The molecular formula is C12H10Cl. The van der Waals surface area contributed by atoms with Gasteiger partial charge in [-0.25, -0.2) is 0 Å². The van der Waals surface area contributed by atoms with Crippen LogP contribution in [0.15, 0.2) is 42.5 Å². The third-order valence-corrected chi connectivity index (χ3v) is 2.32. The maximum atomic E-state index is 5.81. The summed E-state index contributed by atoms with van der Waals surface area (Å²) >= 11 is 5.81. The zero-order valence-electron chi connectivity index (χ0n) is 7.20. The summed E-state index contributed by atoms with van der Waals surface area (Å²) in [7, 11) is 0. The largest absolute Gasteiger partial charge is 0.0843 e. The highest BCUT2D eigenvalue weighted by molar-refractivity contribution is 6.30. The molecule has 13 heavy (non-hydrogen) atoms. The summed E-state index contributed by atoms with van der Waals surface area (Å²) in [6, 6.07) is 7.93. The molecule has 0 amide bonds. The van der Waals surface area contributed by atoms with E-state index in [0.717, 1.165) is 11.4 Å². The smallest absolute Gasteiger partial charge is 0.0406 e. The van der Waals surface area contributed by atoms with Crippen LogP contribution in [-0.4, -0.2) is 0 Å². The maximum absolute atomic E-state index is 5.81. The normalized spacial score (nSPS) is 15.6. The van der Waals surface area contributed by atoms with Crippen molar-refractivity contribution in [1.29, 1.82) is 0 Å². The van der Waals surface area contributed by atoms with E-state index < -0.39 is 0 Å². The molecule has 1 heteroatoms. The number of allylic oxidation sites excluding steroid dienone is 4. The third-order valence-electron chi connectivity index (χ3n) is 2.06. The van der Waals surface area contributed by atoms with Gasteiger partial charge in [-0.2, -0.15) is 0 Å². The quantitative estimate of drug-likeness (QED) is 0.629. The van der Waals surface area contributed by atoms with Crippen LogP contribution in [0, 0.1) is 6.42 Å². The lowest BCUT2D eigenvalue weighted by molar-refractivity contribution is 1.27.